The van der Waals surface area contributed by atoms with Crippen LogP contribution in [0.15, 0.2) is 41.8 Å². The molecule has 0 saturated carbocycles. The summed E-state index contributed by atoms with van der Waals surface area (Å²) in [7, 11) is 3.51. The van der Waals surface area contributed by atoms with Crippen LogP contribution in [0.2, 0.25) is 0 Å². The second-order valence-electron chi connectivity index (χ2n) is 7.61. The van der Waals surface area contributed by atoms with Crippen molar-refractivity contribution in [2.24, 2.45) is 7.05 Å². The first-order valence-electron chi connectivity index (χ1n) is 10.3. The number of anilines is 2. The number of aryl methyl sites for hydroxylation is 1. The summed E-state index contributed by atoms with van der Waals surface area (Å²) in [5, 5.41) is 5.90. The summed E-state index contributed by atoms with van der Waals surface area (Å²) in [4.78, 5) is 30.6. The van der Waals surface area contributed by atoms with E-state index in [1.54, 1.807) is 29.0 Å². The molecule has 5 rings (SSSR count). The third-order valence-corrected chi connectivity index (χ3v) is 5.80. The number of hydrogen-bond acceptors (Lipinski definition) is 8. The van der Waals surface area contributed by atoms with Crippen LogP contribution in [0, 0.1) is 0 Å². The molecule has 3 aromatic heterocycles. The van der Waals surface area contributed by atoms with Crippen molar-refractivity contribution in [2.75, 3.05) is 49.7 Å². The van der Waals surface area contributed by atoms with Gasteiger partial charge in [-0.1, -0.05) is 0 Å². The lowest BCUT2D eigenvalue weighted by molar-refractivity contribution is 0.186. The van der Waals surface area contributed by atoms with E-state index in [0.29, 0.717) is 24.1 Å². The molecule has 1 aromatic carbocycles. The van der Waals surface area contributed by atoms with Gasteiger partial charge in [0.1, 0.15) is 12.1 Å². The average molecular weight is 420 g/mol. The summed E-state index contributed by atoms with van der Waals surface area (Å²) < 4.78 is 8.42. The molecule has 1 aliphatic heterocycles. The number of fused-ring (bicyclic) bond motifs is 2. The Hall–Kier alpha value is -3.53. The molecule has 0 N–H and O–H groups in total. The largest absolute Gasteiger partial charge is 0.383 e. The van der Waals surface area contributed by atoms with E-state index in [1.165, 1.54) is 0 Å². The van der Waals surface area contributed by atoms with Crippen molar-refractivity contribution in [3.05, 3.63) is 47.4 Å². The van der Waals surface area contributed by atoms with Crippen LogP contribution in [-0.4, -0.2) is 69.2 Å². The Bertz CT molecular complexity index is 1290. The lowest BCUT2D eigenvalue weighted by atomic mass is 10.2. The lowest BCUT2D eigenvalue weighted by Gasteiger charge is -2.36. The molecule has 4 heterocycles. The molecule has 0 amide bonds. The van der Waals surface area contributed by atoms with Crippen LogP contribution in [0.5, 0.6) is 0 Å². The van der Waals surface area contributed by atoms with E-state index in [9.17, 15) is 4.79 Å². The third kappa shape index (κ3) is 3.48. The van der Waals surface area contributed by atoms with E-state index in [-0.39, 0.29) is 5.56 Å². The van der Waals surface area contributed by atoms with Gasteiger partial charge >= 0.3 is 0 Å². The van der Waals surface area contributed by atoms with Crippen molar-refractivity contribution >= 4 is 33.4 Å². The molecule has 4 aromatic rings. The molecule has 0 unspecified atom stereocenters. The zero-order valence-electron chi connectivity index (χ0n) is 17.6. The van der Waals surface area contributed by atoms with Gasteiger partial charge in [0.05, 0.1) is 42.0 Å². The highest BCUT2D eigenvalue weighted by atomic mass is 16.5. The van der Waals surface area contributed by atoms with Crippen LogP contribution >= 0.6 is 0 Å². The Morgan fingerprint density at radius 2 is 1.84 bits per heavy atom. The molecule has 0 aliphatic carbocycles. The van der Waals surface area contributed by atoms with Gasteiger partial charge in [0.15, 0.2) is 5.65 Å². The number of hydrogen-bond donors (Lipinski definition) is 0. The maximum absolute atomic E-state index is 12.7. The van der Waals surface area contributed by atoms with Gasteiger partial charge in [0.2, 0.25) is 0 Å². The standard InChI is InChI=1S/C21H24N8O2/c1-26-19-17(12-25-26)20(23-13-22-19)28-7-5-27(6-8-28)15-3-4-16-18(11-15)24-14-29(21(16)30)9-10-31-2/h3-4,11-14H,5-10H2,1-2H3. The number of aromatic nitrogens is 6. The predicted octanol–water partition coefficient (Wildman–Crippen LogP) is 1.05. The van der Waals surface area contributed by atoms with Gasteiger partial charge in [0, 0.05) is 46.0 Å². The first kappa shape index (κ1) is 19.4. The van der Waals surface area contributed by atoms with Crippen LogP contribution in [0.4, 0.5) is 11.5 Å². The Balaban J connectivity index is 1.34. The number of rotatable bonds is 5. The summed E-state index contributed by atoms with van der Waals surface area (Å²) >= 11 is 0. The number of ether oxygens (including phenoxy) is 1. The molecule has 1 fully saturated rings. The fraction of sp³-hybridized carbons (Fsp3) is 0.381. The zero-order chi connectivity index (χ0) is 21.4. The van der Waals surface area contributed by atoms with Crippen LogP contribution in [0.1, 0.15) is 0 Å². The molecule has 160 valence electrons. The fourth-order valence-electron chi connectivity index (χ4n) is 4.07. The Morgan fingerprint density at radius 1 is 1.03 bits per heavy atom. The van der Waals surface area contributed by atoms with Gasteiger partial charge in [-0.15, -0.1) is 0 Å². The van der Waals surface area contributed by atoms with Crippen LogP contribution in [-0.2, 0) is 18.3 Å². The van der Waals surface area contributed by atoms with Crippen molar-refractivity contribution in [2.45, 2.75) is 6.54 Å². The topological polar surface area (TPSA) is 94.2 Å². The lowest BCUT2D eigenvalue weighted by Crippen LogP contribution is -2.47. The molecule has 0 spiro atoms. The predicted molar refractivity (Wildman–Crippen MR) is 119 cm³/mol. The van der Waals surface area contributed by atoms with Gasteiger partial charge in [-0.25, -0.2) is 15.0 Å². The van der Waals surface area contributed by atoms with Crippen LogP contribution in [0.3, 0.4) is 0 Å². The maximum Gasteiger partial charge on any atom is 0.261 e. The minimum atomic E-state index is -0.0392. The third-order valence-electron chi connectivity index (χ3n) is 5.80. The van der Waals surface area contributed by atoms with Crippen LogP contribution < -0.4 is 15.4 Å². The summed E-state index contributed by atoms with van der Waals surface area (Å²) in [5.41, 5.74) is 2.58. The van der Waals surface area contributed by atoms with Crippen LogP contribution in [0.25, 0.3) is 21.9 Å². The monoisotopic (exact) mass is 420 g/mol. The van der Waals surface area contributed by atoms with Gasteiger partial charge < -0.3 is 14.5 Å². The molecule has 10 heteroatoms. The van der Waals surface area contributed by atoms with Crippen molar-refractivity contribution in [1.82, 2.24) is 29.3 Å². The highest BCUT2D eigenvalue weighted by Crippen LogP contribution is 2.25. The Morgan fingerprint density at radius 3 is 2.65 bits per heavy atom. The first-order chi connectivity index (χ1) is 15.2. The average Bonchev–Trinajstić information content (AvgIpc) is 3.19. The van der Waals surface area contributed by atoms with E-state index >= 15 is 0 Å². The van der Waals surface area contributed by atoms with Crippen molar-refractivity contribution < 1.29 is 4.74 Å². The van der Waals surface area contributed by atoms with E-state index in [1.807, 2.05) is 31.4 Å². The number of methoxy groups -OCH3 is 1. The van der Waals surface area contributed by atoms with E-state index < -0.39 is 0 Å². The highest BCUT2D eigenvalue weighted by Gasteiger charge is 2.21. The minimum absolute atomic E-state index is 0.0392. The van der Waals surface area contributed by atoms with E-state index in [4.69, 9.17) is 4.74 Å². The molecular formula is C21H24N8O2. The van der Waals surface area contributed by atoms with E-state index in [0.717, 1.165) is 48.7 Å². The molecule has 1 saturated heterocycles. The van der Waals surface area contributed by atoms with Crippen molar-refractivity contribution in [3.8, 4) is 0 Å². The summed E-state index contributed by atoms with van der Waals surface area (Å²) in [6, 6.07) is 5.88. The van der Waals surface area contributed by atoms with Crippen molar-refractivity contribution in [1.29, 1.82) is 0 Å². The summed E-state index contributed by atoms with van der Waals surface area (Å²) in [5.74, 6) is 0.925. The minimum Gasteiger partial charge on any atom is -0.383 e. The molecule has 0 atom stereocenters. The molecule has 10 nitrogen and oxygen atoms in total. The van der Waals surface area contributed by atoms with E-state index in [2.05, 4.69) is 29.9 Å². The fourth-order valence-corrected chi connectivity index (χ4v) is 4.07. The molecule has 0 bridgehead atoms. The second kappa shape index (κ2) is 7.95. The Kier molecular flexibility index (Phi) is 4.99. The highest BCUT2D eigenvalue weighted by molar-refractivity contribution is 5.87. The smallest absolute Gasteiger partial charge is 0.261 e. The summed E-state index contributed by atoms with van der Waals surface area (Å²) in [6.45, 7) is 4.35. The Labute approximate surface area is 178 Å². The number of nitrogens with zero attached hydrogens (tertiary/aromatic N) is 8. The maximum atomic E-state index is 12.7. The first-order valence-corrected chi connectivity index (χ1v) is 10.3. The molecule has 1 aliphatic rings. The van der Waals surface area contributed by atoms with Gasteiger partial charge in [-0.05, 0) is 18.2 Å². The summed E-state index contributed by atoms with van der Waals surface area (Å²) in [6.07, 6.45) is 5.02. The molecule has 31 heavy (non-hydrogen) atoms. The zero-order valence-corrected chi connectivity index (χ0v) is 17.6. The molecular weight excluding hydrogens is 396 g/mol. The number of benzene rings is 1. The quantitative estimate of drug-likeness (QED) is 0.473. The SMILES string of the molecule is COCCn1cnc2cc(N3CCN(c4ncnc5c4cnn5C)CC3)ccc2c1=O. The van der Waals surface area contributed by atoms with Gasteiger partial charge in [0.25, 0.3) is 5.56 Å². The van der Waals surface area contributed by atoms with Gasteiger partial charge in [-0.2, -0.15) is 5.10 Å². The molecule has 0 radical (unpaired) electrons. The van der Waals surface area contributed by atoms with Gasteiger partial charge in [-0.3, -0.25) is 14.0 Å². The second-order valence-corrected chi connectivity index (χ2v) is 7.61. The van der Waals surface area contributed by atoms with Crippen molar-refractivity contribution in [3.63, 3.8) is 0 Å². The normalized spacial score (nSPS) is 14.6. The number of piperazine rings is 1.